The minimum Gasteiger partial charge on any atom is -0.464 e. The molecule has 3 heteroatoms. The molecule has 3 aromatic rings. The van der Waals surface area contributed by atoms with E-state index < -0.39 is 0 Å². The SMILES string of the molecule is O=C(/C=C/Oc1cccc2ccccc12)c1ccc(Br)cc1. The minimum atomic E-state index is -0.0901. The van der Waals surface area contributed by atoms with Gasteiger partial charge in [0, 0.05) is 21.5 Å². The average molecular weight is 353 g/mol. The Morgan fingerprint density at radius 2 is 1.64 bits per heavy atom. The fraction of sp³-hybridized carbons (Fsp3) is 0. The molecule has 0 fully saturated rings. The maximum Gasteiger partial charge on any atom is 0.188 e. The highest BCUT2D eigenvalue weighted by atomic mass is 79.9. The van der Waals surface area contributed by atoms with Crippen LogP contribution in [0.3, 0.4) is 0 Å². The van der Waals surface area contributed by atoms with Crippen LogP contribution in [0.25, 0.3) is 10.8 Å². The Labute approximate surface area is 137 Å². The number of rotatable bonds is 4. The molecule has 0 unspecified atom stereocenters. The normalized spacial score (nSPS) is 11.0. The second-order valence-electron chi connectivity index (χ2n) is 4.77. The lowest BCUT2D eigenvalue weighted by Gasteiger charge is -2.04. The fourth-order valence-electron chi connectivity index (χ4n) is 2.18. The summed E-state index contributed by atoms with van der Waals surface area (Å²) in [5, 5.41) is 2.12. The highest BCUT2D eigenvalue weighted by molar-refractivity contribution is 9.10. The molecule has 0 heterocycles. The second kappa shape index (κ2) is 6.58. The molecule has 3 aromatic carbocycles. The standard InChI is InChI=1S/C19H13BrO2/c20-16-10-8-15(9-11-16)18(21)12-13-22-19-7-3-5-14-4-1-2-6-17(14)19/h1-13H/b13-12+. The topological polar surface area (TPSA) is 26.3 Å². The molecule has 0 aromatic heterocycles. The third-order valence-corrected chi connectivity index (χ3v) is 3.82. The van der Waals surface area contributed by atoms with Crippen LogP contribution in [0.15, 0.2) is 83.5 Å². The van der Waals surface area contributed by atoms with Crippen LogP contribution in [0.2, 0.25) is 0 Å². The molecule has 0 spiro atoms. The lowest BCUT2D eigenvalue weighted by Crippen LogP contribution is -1.95. The summed E-state index contributed by atoms with van der Waals surface area (Å²) in [6, 6.07) is 21.0. The van der Waals surface area contributed by atoms with Crippen molar-refractivity contribution in [2.45, 2.75) is 0 Å². The van der Waals surface area contributed by atoms with Gasteiger partial charge in [-0.15, -0.1) is 0 Å². The van der Waals surface area contributed by atoms with Gasteiger partial charge in [0.15, 0.2) is 5.78 Å². The second-order valence-corrected chi connectivity index (χ2v) is 5.68. The zero-order valence-corrected chi connectivity index (χ0v) is 13.3. The highest BCUT2D eigenvalue weighted by Crippen LogP contribution is 2.25. The number of halogens is 1. The number of hydrogen-bond donors (Lipinski definition) is 0. The zero-order valence-electron chi connectivity index (χ0n) is 11.7. The molecule has 0 saturated carbocycles. The molecular formula is C19H13BrO2. The van der Waals surface area contributed by atoms with E-state index >= 15 is 0 Å². The van der Waals surface area contributed by atoms with Gasteiger partial charge in [0.05, 0.1) is 6.26 Å². The van der Waals surface area contributed by atoms with Crippen LogP contribution >= 0.6 is 15.9 Å². The van der Waals surface area contributed by atoms with E-state index in [1.165, 1.54) is 12.3 Å². The van der Waals surface area contributed by atoms with Gasteiger partial charge in [-0.3, -0.25) is 4.79 Å². The van der Waals surface area contributed by atoms with Gasteiger partial charge in [0.25, 0.3) is 0 Å². The molecule has 108 valence electrons. The van der Waals surface area contributed by atoms with Crippen LogP contribution in [-0.2, 0) is 0 Å². The first kappa shape index (κ1) is 14.5. The molecule has 0 saturated heterocycles. The van der Waals surface area contributed by atoms with Crippen LogP contribution in [0.5, 0.6) is 5.75 Å². The van der Waals surface area contributed by atoms with Gasteiger partial charge >= 0.3 is 0 Å². The van der Waals surface area contributed by atoms with Gasteiger partial charge < -0.3 is 4.74 Å². The van der Waals surface area contributed by atoms with Crippen molar-refractivity contribution in [3.63, 3.8) is 0 Å². The summed E-state index contributed by atoms with van der Waals surface area (Å²) in [6.07, 6.45) is 2.87. The van der Waals surface area contributed by atoms with Crippen LogP contribution in [-0.4, -0.2) is 5.78 Å². The third-order valence-electron chi connectivity index (χ3n) is 3.29. The van der Waals surface area contributed by atoms with Crippen molar-refractivity contribution in [1.29, 1.82) is 0 Å². The number of carbonyl (C=O) groups excluding carboxylic acids is 1. The number of allylic oxidation sites excluding steroid dienone is 1. The number of ketones is 1. The summed E-state index contributed by atoms with van der Waals surface area (Å²) < 4.78 is 6.57. The first-order chi connectivity index (χ1) is 10.7. The van der Waals surface area contributed by atoms with E-state index in [2.05, 4.69) is 15.9 Å². The van der Waals surface area contributed by atoms with Gasteiger partial charge in [-0.05, 0) is 35.7 Å². The maximum atomic E-state index is 12.0. The number of benzene rings is 3. The van der Waals surface area contributed by atoms with E-state index in [1.807, 2.05) is 54.6 Å². The average Bonchev–Trinajstić information content (AvgIpc) is 2.55. The summed E-state index contributed by atoms with van der Waals surface area (Å²) in [4.78, 5) is 12.0. The summed E-state index contributed by atoms with van der Waals surface area (Å²) in [6.45, 7) is 0. The van der Waals surface area contributed by atoms with Crippen molar-refractivity contribution in [2.75, 3.05) is 0 Å². The largest absolute Gasteiger partial charge is 0.464 e. The molecule has 2 nitrogen and oxygen atoms in total. The summed E-state index contributed by atoms with van der Waals surface area (Å²) in [5.74, 6) is 0.644. The van der Waals surface area contributed by atoms with Crippen LogP contribution < -0.4 is 4.74 Å². The molecule has 0 aliphatic rings. The summed E-state index contributed by atoms with van der Waals surface area (Å²) in [7, 11) is 0. The predicted molar refractivity (Wildman–Crippen MR) is 92.2 cm³/mol. The fourth-order valence-corrected chi connectivity index (χ4v) is 2.44. The van der Waals surface area contributed by atoms with Crippen molar-refractivity contribution >= 4 is 32.5 Å². The molecule has 0 N–H and O–H groups in total. The zero-order chi connectivity index (χ0) is 15.4. The van der Waals surface area contributed by atoms with Gasteiger partial charge in [-0.2, -0.15) is 0 Å². The van der Waals surface area contributed by atoms with Crippen molar-refractivity contribution < 1.29 is 9.53 Å². The van der Waals surface area contributed by atoms with E-state index in [0.717, 1.165) is 21.0 Å². The quantitative estimate of drug-likeness (QED) is 0.358. The highest BCUT2D eigenvalue weighted by Gasteiger charge is 2.02. The van der Waals surface area contributed by atoms with Crippen molar-refractivity contribution in [3.8, 4) is 5.75 Å². The molecule has 0 atom stereocenters. The molecule has 0 bridgehead atoms. The maximum absolute atomic E-state index is 12.0. The Bertz CT molecular complexity index is 830. The van der Waals surface area contributed by atoms with Crippen molar-refractivity contribution in [1.82, 2.24) is 0 Å². The van der Waals surface area contributed by atoms with Crippen LogP contribution in [0, 0.1) is 0 Å². The van der Waals surface area contributed by atoms with E-state index in [1.54, 1.807) is 12.1 Å². The van der Waals surface area contributed by atoms with Gasteiger partial charge in [-0.25, -0.2) is 0 Å². The van der Waals surface area contributed by atoms with Crippen LogP contribution in [0.1, 0.15) is 10.4 Å². The lowest BCUT2D eigenvalue weighted by molar-refractivity contribution is 0.104. The first-order valence-electron chi connectivity index (χ1n) is 6.85. The van der Waals surface area contributed by atoms with E-state index in [0.29, 0.717) is 5.56 Å². The third kappa shape index (κ3) is 3.26. The predicted octanol–water partition coefficient (Wildman–Crippen LogP) is 5.38. The Kier molecular flexibility index (Phi) is 4.35. The Balaban J connectivity index is 1.76. The summed E-state index contributed by atoms with van der Waals surface area (Å²) in [5.41, 5.74) is 0.626. The van der Waals surface area contributed by atoms with Crippen LogP contribution in [0.4, 0.5) is 0 Å². The Morgan fingerprint density at radius 3 is 2.45 bits per heavy atom. The molecule has 22 heavy (non-hydrogen) atoms. The molecule has 0 aliphatic heterocycles. The van der Waals surface area contributed by atoms with E-state index in [9.17, 15) is 4.79 Å². The molecule has 0 amide bonds. The number of ether oxygens (including phenoxy) is 1. The van der Waals surface area contributed by atoms with Crippen molar-refractivity contribution in [2.24, 2.45) is 0 Å². The molecule has 0 radical (unpaired) electrons. The van der Waals surface area contributed by atoms with Gasteiger partial charge in [-0.1, -0.05) is 52.3 Å². The Hall–Kier alpha value is -2.39. The lowest BCUT2D eigenvalue weighted by atomic mass is 10.1. The molecule has 0 aliphatic carbocycles. The number of hydrogen-bond acceptors (Lipinski definition) is 2. The smallest absolute Gasteiger partial charge is 0.188 e. The van der Waals surface area contributed by atoms with Crippen molar-refractivity contribution in [3.05, 3.63) is 89.1 Å². The molecule has 3 rings (SSSR count). The van der Waals surface area contributed by atoms with E-state index in [4.69, 9.17) is 4.74 Å². The number of carbonyl (C=O) groups is 1. The summed E-state index contributed by atoms with van der Waals surface area (Å²) >= 11 is 3.35. The van der Waals surface area contributed by atoms with Gasteiger partial charge in [0.1, 0.15) is 5.75 Å². The Morgan fingerprint density at radius 1 is 0.909 bits per heavy atom. The number of fused-ring (bicyclic) bond motifs is 1. The van der Waals surface area contributed by atoms with E-state index in [-0.39, 0.29) is 5.78 Å². The van der Waals surface area contributed by atoms with Gasteiger partial charge in [0.2, 0.25) is 0 Å². The monoisotopic (exact) mass is 352 g/mol. The minimum absolute atomic E-state index is 0.0901. The first-order valence-corrected chi connectivity index (χ1v) is 7.64. The molecular weight excluding hydrogens is 340 g/mol.